The van der Waals surface area contributed by atoms with Gasteiger partial charge in [-0.15, -0.1) is 0 Å². The molecule has 1 N–H and O–H groups in total. The first kappa shape index (κ1) is 16.6. The molecule has 0 saturated carbocycles. The second-order valence-corrected chi connectivity index (χ2v) is 7.34. The quantitative estimate of drug-likeness (QED) is 0.754. The van der Waals surface area contributed by atoms with Gasteiger partial charge in [0.2, 0.25) is 0 Å². The van der Waals surface area contributed by atoms with Crippen molar-refractivity contribution >= 4 is 22.8 Å². The SMILES string of the molecule is Cc1ccc(NC(=O)N2CC(n3c(C(C)C)nc4ccccc43)C2)cc1. The second kappa shape index (κ2) is 6.48. The highest BCUT2D eigenvalue weighted by molar-refractivity contribution is 5.90. The van der Waals surface area contributed by atoms with Crippen LogP contribution in [0.5, 0.6) is 0 Å². The summed E-state index contributed by atoms with van der Waals surface area (Å²) in [6.07, 6.45) is 0. The smallest absolute Gasteiger partial charge is 0.321 e. The average molecular weight is 348 g/mol. The number of likely N-dealkylation sites (tertiary alicyclic amines) is 1. The molecule has 1 aliphatic rings. The third kappa shape index (κ3) is 2.94. The first-order chi connectivity index (χ1) is 12.5. The maximum absolute atomic E-state index is 12.5. The molecule has 0 atom stereocenters. The van der Waals surface area contributed by atoms with Gasteiger partial charge in [0.15, 0.2) is 0 Å². The summed E-state index contributed by atoms with van der Waals surface area (Å²) < 4.78 is 2.32. The predicted molar refractivity (Wildman–Crippen MR) is 105 cm³/mol. The molecule has 0 unspecified atom stereocenters. The van der Waals surface area contributed by atoms with Gasteiger partial charge in [-0.25, -0.2) is 9.78 Å². The van der Waals surface area contributed by atoms with E-state index in [1.54, 1.807) is 0 Å². The van der Waals surface area contributed by atoms with E-state index in [-0.39, 0.29) is 12.1 Å². The van der Waals surface area contributed by atoms with Crippen molar-refractivity contribution in [2.24, 2.45) is 0 Å². The number of carbonyl (C=O) groups excluding carboxylic acids is 1. The van der Waals surface area contributed by atoms with Gasteiger partial charge in [0.1, 0.15) is 5.82 Å². The predicted octanol–water partition coefficient (Wildman–Crippen LogP) is 4.56. The van der Waals surface area contributed by atoms with E-state index < -0.39 is 0 Å². The highest BCUT2D eigenvalue weighted by Gasteiger charge is 2.34. The van der Waals surface area contributed by atoms with Gasteiger partial charge in [-0.1, -0.05) is 43.7 Å². The number of fused-ring (bicyclic) bond motifs is 1. The Balaban J connectivity index is 1.49. The summed E-state index contributed by atoms with van der Waals surface area (Å²) in [4.78, 5) is 19.1. The minimum Gasteiger partial charge on any atom is -0.321 e. The molecule has 1 aliphatic heterocycles. The van der Waals surface area contributed by atoms with E-state index in [0.717, 1.165) is 22.5 Å². The summed E-state index contributed by atoms with van der Waals surface area (Å²) in [5, 5.41) is 2.97. The van der Waals surface area contributed by atoms with E-state index >= 15 is 0 Å². The number of para-hydroxylation sites is 2. The number of anilines is 1. The summed E-state index contributed by atoms with van der Waals surface area (Å²) in [5.41, 5.74) is 4.19. The number of carbonyl (C=O) groups is 1. The number of nitrogens with one attached hydrogen (secondary N) is 1. The van der Waals surface area contributed by atoms with Gasteiger partial charge in [0.25, 0.3) is 0 Å². The van der Waals surface area contributed by atoms with E-state index in [4.69, 9.17) is 4.98 Å². The molecule has 2 aromatic carbocycles. The largest absolute Gasteiger partial charge is 0.321 e. The van der Waals surface area contributed by atoms with Gasteiger partial charge in [0, 0.05) is 24.7 Å². The molecular formula is C21H24N4O. The summed E-state index contributed by atoms with van der Waals surface area (Å²) >= 11 is 0. The van der Waals surface area contributed by atoms with Crippen LogP contribution in [-0.4, -0.2) is 33.6 Å². The molecular weight excluding hydrogens is 324 g/mol. The van der Waals surface area contributed by atoms with E-state index in [0.29, 0.717) is 19.0 Å². The van der Waals surface area contributed by atoms with Crippen LogP contribution in [0.4, 0.5) is 10.5 Å². The monoisotopic (exact) mass is 348 g/mol. The minimum absolute atomic E-state index is 0.0411. The van der Waals surface area contributed by atoms with Crippen LogP contribution in [0, 0.1) is 6.92 Å². The Morgan fingerprint density at radius 2 is 1.81 bits per heavy atom. The summed E-state index contributed by atoms with van der Waals surface area (Å²) in [7, 11) is 0. The molecule has 5 nitrogen and oxygen atoms in total. The Labute approximate surface area is 153 Å². The van der Waals surface area contributed by atoms with Crippen LogP contribution in [0.1, 0.15) is 37.2 Å². The van der Waals surface area contributed by atoms with E-state index in [2.05, 4.69) is 35.9 Å². The minimum atomic E-state index is -0.0411. The van der Waals surface area contributed by atoms with E-state index in [1.807, 2.05) is 48.2 Å². The Morgan fingerprint density at radius 1 is 1.12 bits per heavy atom. The zero-order valence-corrected chi connectivity index (χ0v) is 15.4. The summed E-state index contributed by atoms with van der Waals surface area (Å²) in [6.45, 7) is 7.78. The van der Waals surface area contributed by atoms with Crippen LogP contribution in [0.25, 0.3) is 11.0 Å². The third-order valence-corrected chi connectivity index (χ3v) is 4.96. The van der Waals surface area contributed by atoms with Crippen molar-refractivity contribution in [3.05, 3.63) is 59.9 Å². The number of hydrogen-bond acceptors (Lipinski definition) is 2. The first-order valence-electron chi connectivity index (χ1n) is 9.12. The zero-order chi connectivity index (χ0) is 18.3. The molecule has 2 amide bonds. The molecule has 4 rings (SSSR count). The fourth-order valence-corrected chi connectivity index (χ4v) is 3.48. The highest BCUT2D eigenvalue weighted by atomic mass is 16.2. The Hall–Kier alpha value is -2.82. The molecule has 0 radical (unpaired) electrons. The van der Waals surface area contributed by atoms with Crippen LogP contribution in [0.15, 0.2) is 48.5 Å². The number of amides is 2. The van der Waals surface area contributed by atoms with Gasteiger partial charge in [0.05, 0.1) is 17.1 Å². The lowest BCUT2D eigenvalue weighted by Gasteiger charge is -2.41. The summed E-state index contributed by atoms with van der Waals surface area (Å²) in [5.74, 6) is 1.44. The van der Waals surface area contributed by atoms with Crippen molar-refractivity contribution < 1.29 is 4.79 Å². The Kier molecular flexibility index (Phi) is 4.15. The number of nitrogens with zero attached hydrogens (tertiary/aromatic N) is 3. The topological polar surface area (TPSA) is 50.2 Å². The number of aromatic nitrogens is 2. The number of urea groups is 1. The number of imidazole rings is 1. The van der Waals surface area contributed by atoms with Crippen molar-refractivity contribution in [1.29, 1.82) is 0 Å². The Morgan fingerprint density at radius 3 is 2.50 bits per heavy atom. The molecule has 0 spiro atoms. The van der Waals surface area contributed by atoms with Gasteiger partial charge in [-0.2, -0.15) is 0 Å². The average Bonchev–Trinajstić information content (AvgIpc) is 2.96. The fraction of sp³-hybridized carbons (Fsp3) is 0.333. The van der Waals surface area contributed by atoms with E-state index in [9.17, 15) is 4.79 Å². The lowest BCUT2D eigenvalue weighted by Crippen LogP contribution is -2.52. The standard InChI is InChI=1S/C21H24N4O/c1-14(2)20-23-18-6-4-5-7-19(18)25(20)17-12-24(13-17)21(26)22-16-10-8-15(3)9-11-16/h4-11,14,17H,12-13H2,1-3H3,(H,22,26). The molecule has 134 valence electrons. The molecule has 1 saturated heterocycles. The summed E-state index contributed by atoms with van der Waals surface area (Å²) in [6, 6.07) is 16.3. The third-order valence-electron chi connectivity index (χ3n) is 4.96. The van der Waals surface area contributed by atoms with Crippen LogP contribution >= 0.6 is 0 Å². The van der Waals surface area contributed by atoms with Crippen LogP contribution in [0.2, 0.25) is 0 Å². The molecule has 0 bridgehead atoms. The number of benzene rings is 2. The van der Waals surface area contributed by atoms with Gasteiger partial charge in [-0.05, 0) is 31.2 Å². The number of rotatable bonds is 3. The normalized spacial score (nSPS) is 14.7. The van der Waals surface area contributed by atoms with Crippen LogP contribution in [0.3, 0.4) is 0 Å². The number of hydrogen-bond donors (Lipinski definition) is 1. The van der Waals surface area contributed by atoms with Crippen molar-refractivity contribution in [3.8, 4) is 0 Å². The van der Waals surface area contributed by atoms with Crippen molar-refractivity contribution in [2.45, 2.75) is 32.7 Å². The molecule has 26 heavy (non-hydrogen) atoms. The van der Waals surface area contributed by atoms with E-state index in [1.165, 1.54) is 5.56 Å². The van der Waals surface area contributed by atoms with Crippen LogP contribution in [-0.2, 0) is 0 Å². The van der Waals surface area contributed by atoms with Crippen molar-refractivity contribution in [1.82, 2.24) is 14.5 Å². The molecule has 2 heterocycles. The maximum atomic E-state index is 12.5. The maximum Gasteiger partial charge on any atom is 0.321 e. The number of aryl methyl sites for hydroxylation is 1. The first-order valence-corrected chi connectivity index (χ1v) is 9.12. The Bertz CT molecular complexity index is 936. The molecule has 0 aliphatic carbocycles. The lowest BCUT2D eigenvalue weighted by molar-refractivity contribution is 0.135. The van der Waals surface area contributed by atoms with Crippen molar-refractivity contribution in [3.63, 3.8) is 0 Å². The second-order valence-electron chi connectivity index (χ2n) is 7.34. The molecule has 3 aromatic rings. The fourth-order valence-electron chi connectivity index (χ4n) is 3.48. The van der Waals surface area contributed by atoms with Gasteiger partial charge < -0.3 is 14.8 Å². The highest BCUT2D eigenvalue weighted by Crippen LogP contribution is 2.31. The lowest BCUT2D eigenvalue weighted by atomic mass is 10.1. The molecule has 5 heteroatoms. The van der Waals surface area contributed by atoms with Gasteiger partial charge in [-0.3, -0.25) is 0 Å². The van der Waals surface area contributed by atoms with Crippen LogP contribution < -0.4 is 5.32 Å². The zero-order valence-electron chi connectivity index (χ0n) is 15.4. The molecule has 1 aromatic heterocycles. The van der Waals surface area contributed by atoms with Gasteiger partial charge >= 0.3 is 6.03 Å². The molecule has 1 fully saturated rings. The van der Waals surface area contributed by atoms with Crippen molar-refractivity contribution in [2.75, 3.05) is 18.4 Å².